The summed E-state index contributed by atoms with van der Waals surface area (Å²) in [4.78, 5) is 4.03. The number of nitrogens with zero attached hydrogens (tertiary/aromatic N) is 1. The summed E-state index contributed by atoms with van der Waals surface area (Å²) in [5.41, 5.74) is 1.91. The standard InChI is InChI=1S/C12H8BrCl3N2/c13-9-4-8(6-18-12(9)16)17-5-7-1-2-10(14)11(15)3-7/h1-4,6,17H,5H2. The Kier molecular flexibility index (Phi) is 4.73. The van der Waals surface area contributed by atoms with Crippen LogP contribution in [0.5, 0.6) is 0 Å². The molecule has 0 bridgehead atoms. The molecule has 1 aromatic heterocycles. The molecule has 2 nitrogen and oxygen atoms in total. The molecule has 94 valence electrons. The van der Waals surface area contributed by atoms with E-state index in [1.807, 2.05) is 18.2 Å². The number of pyridine rings is 1. The van der Waals surface area contributed by atoms with E-state index in [0.29, 0.717) is 21.7 Å². The highest BCUT2D eigenvalue weighted by Crippen LogP contribution is 2.25. The number of aromatic nitrogens is 1. The Morgan fingerprint density at radius 1 is 1.11 bits per heavy atom. The van der Waals surface area contributed by atoms with Crippen molar-refractivity contribution in [3.63, 3.8) is 0 Å². The first-order valence-corrected chi connectivity index (χ1v) is 6.98. The maximum absolute atomic E-state index is 5.94. The van der Waals surface area contributed by atoms with Crippen molar-refractivity contribution in [3.8, 4) is 0 Å². The number of halogens is 4. The fraction of sp³-hybridized carbons (Fsp3) is 0.0833. The van der Waals surface area contributed by atoms with Crippen molar-refractivity contribution < 1.29 is 0 Å². The number of nitrogens with one attached hydrogen (secondary N) is 1. The maximum Gasteiger partial charge on any atom is 0.143 e. The van der Waals surface area contributed by atoms with Crippen molar-refractivity contribution in [2.75, 3.05) is 5.32 Å². The van der Waals surface area contributed by atoms with Gasteiger partial charge in [-0.2, -0.15) is 0 Å². The largest absolute Gasteiger partial charge is 0.380 e. The van der Waals surface area contributed by atoms with Gasteiger partial charge in [-0.3, -0.25) is 0 Å². The quantitative estimate of drug-likeness (QED) is 0.734. The second-order valence-electron chi connectivity index (χ2n) is 3.60. The molecule has 0 spiro atoms. The lowest BCUT2D eigenvalue weighted by Gasteiger charge is -2.08. The fourth-order valence-electron chi connectivity index (χ4n) is 1.37. The van der Waals surface area contributed by atoms with Crippen molar-refractivity contribution >= 4 is 56.4 Å². The van der Waals surface area contributed by atoms with Crippen LogP contribution in [0.25, 0.3) is 0 Å². The van der Waals surface area contributed by atoms with Gasteiger partial charge in [0.2, 0.25) is 0 Å². The van der Waals surface area contributed by atoms with Gasteiger partial charge in [0.05, 0.1) is 26.4 Å². The number of rotatable bonds is 3. The van der Waals surface area contributed by atoms with Gasteiger partial charge < -0.3 is 5.32 Å². The molecule has 1 N–H and O–H groups in total. The van der Waals surface area contributed by atoms with Gasteiger partial charge >= 0.3 is 0 Å². The Labute approximate surface area is 128 Å². The van der Waals surface area contributed by atoms with E-state index in [2.05, 4.69) is 26.2 Å². The molecular weight excluding hydrogens is 358 g/mol. The molecule has 0 amide bonds. The van der Waals surface area contributed by atoms with Gasteiger partial charge in [-0.05, 0) is 39.7 Å². The Morgan fingerprint density at radius 3 is 2.56 bits per heavy atom. The minimum absolute atomic E-state index is 0.440. The second kappa shape index (κ2) is 6.11. The van der Waals surface area contributed by atoms with Crippen LogP contribution in [0.3, 0.4) is 0 Å². The summed E-state index contributed by atoms with van der Waals surface area (Å²) in [6.45, 7) is 0.632. The highest BCUT2D eigenvalue weighted by molar-refractivity contribution is 9.10. The number of anilines is 1. The van der Waals surface area contributed by atoms with Crippen LogP contribution in [0.1, 0.15) is 5.56 Å². The summed E-state index contributed by atoms with van der Waals surface area (Å²) in [6.07, 6.45) is 1.67. The minimum atomic E-state index is 0.440. The lowest BCUT2D eigenvalue weighted by Crippen LogP contribution is -2.00. The lowest BCUT2D eigenvalue weighted by atomic mass is 10.2. The third-order valence-corrected chi connectivity index (χ3v) is 4.15. The second-order valence-corrected chi connectivity index (χ2v) is 5.63. The molecule has 0 fully saturated rings. The van der Waals surface area contributed by atoms with E-state index in [4.69, 9.17) is 34.8 Å². The molecule has 0 aliphatic carbocycles. The van der Waals surface area contributed by atoms with E-state index < -0.39 is 0 Å². The summed E-state index contributed by atoms with van der Waals surface area (Å²) >= 11 is 20.9. The first kappa shape index (κ1) is 13.9. The smallest absolute Gasteiger partial charge is 0.143 e. The normalized spacial score (nSPS) is 10.4. The zero-order chi connectivity index (χ0) is 13.1. The molecule has 1 heterocycles. The van der Waals surface area contributed by atoms with Gasteiger partial charge in [0.25, 0.3) is 0 Å². The van der Waals surface area contributed by atoms with Gasteiger partial charge in [-0.25, -0.2) is 4.98 Å². The van der Waals surface area contributed by atoms with Crippen LogP contribution in [-0.4, -0.2) is 4.98 Å². The monoisotopic (exact) mass is 364 g/mol. The van der Waals surface area contributed by atoms with Crippen LogP contribution in [0, 0.1) is 0 Å². The Morgan fingerprint density at radius 2 is 1.89 bits per heavy atom. The molecule has 0 saturated heterocycles. The van der Waals surface area contributed by atoms with Crippen LogP contribution >= 0.6 is 50.7 Å². The molecule has 2 rings (SSSR count). The number of benzene rings is 1. The van der Waals surface area contributed by atoms with E-state index in [0.717, 1.165) is 15.7 Å². The predicted octanol–water partition coefficient (Wildman–Crippen LogP) is 5.42. The van der Waals surface area contributed by atoms with E-state index in [1.165, 1.54) is 0 Å². The first-order valence-electron chi connectivity index (χ1n) is 5.05. The van der Waals surface area contributed by atoms with Crippen LogP contribution in [0.2, 0.25) is 15.2 Å². The van der Waals surface area contributed by atoms with Crippen molar-refractivity contribution in [2.24, 2.45) is 0 Å². The predicted molar refractivity (Wildman–Crippen MR) is 80.7 cm³/mol. The summed E-state index contributed by atoms with van der Waals surface area (Å²) in [6, 6.07) is 7.39. The van der Waals surface area contributed by atoms with Crippen LogP contribution in [-0.2, 0) is 6.54 Å². The van der Waals surface area contributed by atoms with Crippen molar-refractivity contribution in [3.05, 3.63) is 55.7 Å². The molecule has 2 aromatic rings. The van der Waals surface area contributed by atoms with Gasteiger partial charge in [0.1, 0.15) is 5.15 Å². The van der Waals surface area contributed by atoms with Crippen molar-refractivity contribution in [1.82, 2.24) is 4.98 Å². The Hall–Kier alpha value is -0.480. The Balaban J connectivity index is 2.06. The number of hydrogen-bond acceptors (Lipinski definition) is 2. The molecule has 0 unspecified atom stereocenters. The minimum Gasteiger partial charge on any atom is -0.380 e. The zero-order valence-corrected chi connectivity index (χ0v) is 12.9. The number of hydrogen-bond donors (Lipinski definition) is 1. The van der Waals surface area contributed by atoms with Crippen LogP contribution in [0.15, 0.2) is 34.9 Å². The third kappa shape index (κ3) is 3.51. The van der Waals surface area contributed by atoms with Crippen molar-refractivity contribution in [2.45, 2.75) is 6.54 Å². The molecule has 0 aliphatic heterocycles. The zero-order valence-electron chi connectivity index (χ0n) is 9.05. The fourth-order valence-corrected chi connectivity index (χ4v) is 2.14. The summed E-state index contributed by atoms with van der Waals surface area (Å²) in [5, 5.41) is 4.76. The molecule has 1 aromatic carbocycles. The third-order valence-electron chi connectivity index (χ3n) is 2.28. The van der Waals surface area contributed by atoms with E-state index in [9.17, 15) is 0 Å². The molecule has 0 radical (unpaired) electrons. The SMILES string of the molecule is Clc1ccc(CNc2cnc(Cl)c(Br)c2)cc1Cl. The molecule has 18 heavy (non-hydrogen) atoms. The Bertz CT molecular complexity index is 524. The average Bonchev–Trinajstić information content (AvgIpc) is 2.35. The summed E-state index contributed by atoms with van der Waals surface area (Å²) in [5.74, 6) is 0. The molecular formula is C12H8BrCl3N2. The van der Waals surface area contributed by atoms with Gasteiger partial charge in [-0.15, -0.1) is 0 Å². The maximum atomic E-state index is 5.94. The van der Waals surface area contributed by atoms with Crippen molar-refractivity contribution in [1.29, 1.82) is 0 Å². The molecule has 0 aliphatic rings. The van der Waals surface area contributed by atoms with E-state index in [1.54, 1.807) is 12.3 Å². The van der Waals surface area contributed by atoms with Crippen LogP contribution < -0.4 is 5.32 Å². The average molecular weight is 366 g/mol. The topological polar surface area (TPSA) is 24.9 Å². The molecule has 0 atom stereocenters. The highest BCUT2D eigenvalue weighted by Gasteiger charge is 2.02. The van der Waals surface area contributed by atoms with Gasteiger partial charge in [0, 0.05) is 6.54 Å². The highest BCUT2D eigenvalue weighted by atomic mass is 79.9. The van der Waals surface area contributed by atoms with Gasteiger partial charge in [0.15, 0.2) is 0 Å². The summed E-state index contributed by atoms with van der Waals surface area (Å²) < 4.78 is 0.753. The molecule has 6 heteroatoms. The van der Waals surface area contributed by atoms with E-state index >= 15 is 0 Å². The van der Waals surface area contributed by atoms with Gasteiger partial charge in [-0.1, -0.05) is 40.9 Å². The van der Waals surface area contributed by atoms with Crippen LogP contribution in [0.4, 0.5) is 5.69 Å². The summed E-state index contributed by atoms with van der Waals surface area (Å²) in [7, 11) is 0. The van der Waals surface area contributed by atoms with E-state index in [-0.39, 0.29) is 0 Å². The molecule has 0 saturated carbocycles. The first-order chi connectivity index (χ1) is 8.56. The lowest BCUT2D eigenvalue weighted by molar-refractivity contribution is 1.13.